The van der Waals surface area contributed by atoms with Crippen LogP contribution in [0.4, 0.5) is 4.79 Å². The highest BCUT2D eigenvalue weighted by molar-refractivity contribution is 6.35. The third kappa shape index (κ3) is 5.57. The number of hydrogen-bond donors (Lipinski definition) is 1. The van der Waals surface area contributed by atoms with Crippen molar-refractivity contribution in [2.24, 2.45) is 0 Å². The van der Waals surface area contributed by atoms with Crippen LogP contribution in [0.2, 0.25) is 5.02 Å². The van der Waals surface area contributed by atoms with Gasteiger partial charge in [-0.1, -0.05) is 35.9 Å². The lowest BCUT2D eigenvalue weighted by Gasteiger charge is -2.19. The van der Waals surface area contributed by atoms with Crippen LogP contribution in [0.5, 0.6) is 0 Å². The number of hydrogen-bond acceptors (Lipinski definition) is 3. The predicted octanol–water partition coefficient (Wildman–Crippen LogP) is 4.82. The fourth-order valence-corrected chi connectivity index (χ4v) is 2.24. The number of carbonyl (C=O) groups is 1. The first kappa shape index (κ1) is 17.3. The van der Waals surface area contributed by atoms with Crippen LogP contribution < -0.4 is 5.32 Å². The van der Waals surface area contributed by atoms with Crippen LogP contribution in [-0.4, -0.2) is 23.2 Å². The number of amides is 1. The van der Waals surface area contributed by atoms with Gasteiger partial charge < -0.3 is 10.1 Å². The molecule has 0 saturated heterocycles. The lowest BCUT2D eigenvalue weighted by Crippen LogP contribution is -2.32. The van der Waals surface area contributed by atoms with E-state index < -0.39 is 11.7 Å². The lowest BCUT2D eigenvalue weighted by molar-refractivity contribution is 0.0529. The molecular formula is C18H21ClN2O2. The van der Waals surface area contributed by atoms with Crippen LogP contribution in [-0.2, 0) is 4.74 Å². The maximum absolute atomic E-state index is 11.5. The minimum atomic E-state index is -0.473. The largest absolute Gasteiger partial charge is 0.444 e. The summed E-state index contributed by atoms with van der Waals surface area (Å²) in [7, 11) is 0. The van der Waals surface area contributed by atoms with E-state index in [1.165, 1.54) is 0 Å². The van der Waals surface area contributed by atoms with Crippen LogP contribution in [0.1, 0.15) is 32.8 Å². The number of halogens is 1. The highest BCUT2D eigenvalue weighted by atomic mass is 35.5. The van der Waals surface area contributed by atoms with E-state index in [-0.39, 0.29) is 0 Å². The van der Waals surface area contributed by atoms with Crippen molar-refractivity contribution in [3.8, 4) is 0 Å². The number of pyridine rings is 1. The molecule has 0 aliphatic heterocycles. The van der Waals surface area contributed by atoms with Crippen molar-refractivity contribution in [3.05, 3.63) is 47.1 Å². The number of rotatable bonds is 4. The summed E-state index contributed by atoms with van der Waals surface area (Å²) in [6, 6.07) is 7.72. The first-order valence-corrected chi connectivity index (χ1v) is 7.90. The summed E-state index contributed by atoms with van der Waals surface area (Å²) in [5.41, 5.74) is 1.44. The SMILES string of the molecule is CC(C)(C)OC(=O)NCCC=Cc1ccc2c(Cl)ccnc2c1. The van der Waals surface area contributed by atoms with Gasteiger partial charge >= 0.3 is 6.09 Å². The summed E-state index contributed by atoms with van der Waals surface area (Å²) in [6.45, 7) is 6.05. The molecule has 0 radical (unpaired) electrons. The third-order valence-corrected chi connectivity index (χ3v) is 3.33. The summed E-state index contributed by atoms with van der Waals surface area (Å²) in [4.78, 5) is 15.8. The second-order valence-electron chi connectivity index (χ2n) is 6.19. The molecule has 1 N–H and O–H groups in total. The Morgan fingerprint density at radius 3 is 2.87 bits per heavy atom. The molecule has 0 atom stereocenters. The molecule has 0 saturated carbocycles. The molecule has 1 aromatic heterocycles. The Bertz CT molecular complexity index is 721. The molecule has 0 spiro atoms. The summed E-state index contributed by atoms with van der Waals surface area (Å²) >= 11 is 6.12. The predicted molar refractivity (Wildman–Crippen MR) is 94.6 cm³/mol. The van der Waals surface area contributed by atoms with Crippen molar-refractivity contribution < 1.29 is 9.53 Å². The smallest absolute Gasteiger partial charge is 0.407 e. The Morgan fingerprint density at radius 1 is 1.35 bits per heavy atom. The van der Waals surface area contributed by atoms with Crippen molar-refractivity contribution in [3.63, 3.8) is 0 Å². The second kappa shape index (κ2) is 7.47. The monoisotopic (exact) mass is 332 g/mol. The van der Waals surface area contributed by atoms with E-state index in [2.05, 4.69) is 10.3 Å². The van der Waals surface area contributed by atoms with Gasteiger partial charge in [0.05, 0.1) is 10.5 Å². The molecule has 23 heavy (non-hydrogen) atoms. The number of benzene rings is 1. The van der Waals surface area contributed by atoms with E-state index in [1.807, 2.05) is 51.1 Å². The summed E-state index contributed by atoms with van der Waals surface area (Å²) < 4.78 is 5.17. The fraction of sp³-hybridized carbons (Fsp3) is 0.333. The number of aromatic nitrogens is 1. The van der Waals surface area contributed by atoms with Gasteiger partial charge in [0.2, 0.25) is 0 Å². The van der Waals surface area contributed by atoms with Crippen LogP contribution in [0.3, 0.4) is 0 Å². The van der Waals surface area contributed by atoms with Crippen molar-refractivity contribution in [1.29, 1.82) is 0 Å². The number of alkyl carbamates (subject to hydrolysis) is 1. The normalized spacial score (nSPS) is 11.8. The van der Waals surface area contributed by atoms with Gasteiger partial charge in [0, 0.05) is 18.1 Å². The van der Waals surface area contributed by atoms with Crippen LogP contribution in [0, 0.1) is 0 Å². The highest BCUT2D eigenvalue weighted by Gasteiger charge is 2.15. The molecule has 0 bridgehead atoms. The Kier molecular flexibility index (Phi) is 5.61. The first-order valence-electron chi connectivity index (χ1n) is 7.53. The standard InChI is InChI=1S/C18H21ClN2O2/c1-18(2,3)23-17(22)21-10-5-4-6-13-7-8-14-15(19)9-11-20-16(14)12-13/h4,6-9,11-12H,5,10H2,1-3H3,(H,21,22). The van der Waals surface area contributed by atoms with Crippen molar-refractivity contribution in [2.75, 3.05) is 6.54 Å². The van der Waals surface area contributed by atoms with Gasteiger partial charge in [-0.25, -0.2) is 4.79 Å². The van der Waals surface area contributed by atoms with Gasteiger partial charge in [0.1, 0.15) is 5.60 Å². The summed E-state index contributed by atoms with van der Waals surface area (Å²) in [6.07, 6.45) is 6.03. The molecule has 1 amide bonds. The molecule has 0 aliphatic rings. The molecule has 2 rings (SSSR count). The van der Waals surface area contributed by atoms with E-state index in [9.17, 15) is 4.79 Å². The van der Waals surface area contributed by atoms with Crippen LogP contribution in [0.25, 0.3) is 17.0 Å². The number of carbonyl (C=O) groups excluding carboxylic acids is 1. The second-order valence-corrected chi connectivity index (χ2v) is 6.60. The molecule has 122 valence electrons. The molecule has 2 aromatic rings. The minimum Gasteiger partial charge on any atom is -0.444 e. The summed E-state index contributed by atoms with van der Waals surface area (Å²) in [5.74, 6) is 0. The Hall–Kier alpha value is -2.07. The van der Waals surface area contributed by atoms with E-state index in [1.54, 1.807) is 12.3 Å². The Balaban J connectivity index is 1.85. The molecule has 1 heterocycles. The van der Waals surface area contributed by atoms with E-state index in [0.29, 0.717) is 11.6 Å². The van der Waals surface area contributed by atoms with Gasteiger partial charge in [-0.3, -0.25) is 4.98 Å². The van der Waals surface area contributed by atoms with Crippen molar-refractivity contribution >= 4 is 34.7 Å². The molecule has 1 aromatic carbocycles. The fourth-order valence-electron chi connectivity index (χ4n) is 2.03. The average molecular weight is 333 g/mol. The maximum atomic E-state index is 11.5. The van der Waals surface area contributed by atoms with Gasteiger partial charge in [-0.15, -0.1) is 0 Å². The van der Waals surface area contributed by atoms with E-state index in [4.69, 9.17) is 16.3 Å². The van der Waals surface area contributed by atoms with Gasteiger partial charge in [-0.05, 0) is 44.9 Å². The number of nitrogens with zero attached hydrogens (tertiary/aromatic N) is 1. The topological polar surface area (TPSA) is 51.2 Å². The zero-order valence-electron chi connectivity index (χ0n) is 13.6. The molecule has 0 aliphatic carbocycles. The molecular weight excluding hydrogens is 312 g/mol. The van der Waals surface area contributed by atoms with Gasteiger partial charge in [0.25, 0.3) is 0 Å². The number of ether oxygens (including phenoxy) is 1. The minimum absolute atomic E-state index is 0.393. The van der Waals surface area contributed by atoms with Crippen molar-refractivity contribution in [1.82, 2.24) is 10.3 Å². The average Bonchev–Trinajstić information content (AvgIpc) is 2.45. The number of fused-ring (bicyclic) bond motifs is 1. The maximum Gasteiger partial charge on any atom is 0.407 e. The highest BCUT2D eigenvalue weighted by Crippen LogP contribution is 2.22. The Morgan fingerprint density at radius 2 is 2.13 bits per heavy atom. The quantitative estimate of drug-likeness (QED) is 0.817. The molecule has 0 fully saturated rings. The zero-order chi connectivity index (χ0) is 16.9. The Labute approximate surface area is 141 Å². The third-order valence-electron chi connectivity index (χ3n) is 3.00. The van der Waals surface area contributed by atoms with E-state index >= 15 is 0 Å². The van der Waals surface area contributed by atoms with Gasteiger partial charge in [0.15, 0.2) is 0 Å². The van der Waals surface area contributed by atoms with Crippen molar-refractivity contribution in [2.45, 2.75) is 32.8 Å². The zero-order valence-corrected chi connectivity index (χ0v) is 14.4. The lowest BCUT2D eigenvalue weighted by atomic mass is 10.1. The van der Waals surface area contributed by atoms with Gasteiger partial charge in [-0.2, -0.15) is 0 Å². The summed E-state index contributed by atoms with van der Waals surface area (Å²) in [5, 5.41) is 4.36. The first-order chi connectivity index (χ1) is 10.8. The molecule has 5 heteroatoms. The van der Waals surface area contributed by atoms with Crippen LogP contribution >= 0.6 is 11.6 Å². The van der Waals surface area contributed by atoms with E-state index in [0.717, 1.165) is 22.9 Å². The number of nitrogens with one attached hydrogen (secondary N) is 1. The van der Waals surface area contributed by atoms with Crippen LogP contribution in [0.15, 0.2) is 36.5 Å². The molecule has 4 nitrogen and oxygen atoms in total. The molecule has 0 unspecified atom stereocenters.